The predicted molar refractivity (Wildman–Crippen MR) is 130 cm³/mol. The van der Waals surface area contributed by atoms with Crippen molar-refractivity contribution >= 4 is 27.3 Å². The maximum absolute atomic E-state index is 12.8. The van der Waals surface area contributed by atoms with E-state index in [4.69, 9.17) is 11.6 Å². The van der Waals surface area contributed by atoms with Gasteiger partial charge >= 0.3 is 0 Å². The molecule has 2 aromatic rings. The molecule has 31 heavy (non-hydrogen) atoms. The lowest BCUT2D eigenvalue weighted by molar-refractivity contribution is 0.109. The normalized spacial score (nSPS) is 22.4. The van der Waals surface area contributed by atoms with Crippen molar-refractivity contribution in [2.45, 2.75) is 63.2 Å². The van der Waals surface area contributed by atoms with Crippen LogP contribution >= 0.6 is 11.6 Å². The van der Waals surface area contributed by atoms with Gasteiger partial charge in [-0.3, -0.25) is 4.72 Å². The largest absolute Gasteiger partial charge is 0.303 e. The van der Waals surface area contributed by atoms with Crippen LogP contribution in [0, 0.1) is 5.92 Å². The summed E-state index contributed by atoms with van der Waals surface area (Å²) < 4.78 is 28.3. The number of hydrogen-bond donors (Lipinski definition) is 1. The smallest absolute Gasteiger partial charge is 0.261 e. The van der Waals surface area contributed by atoms with Crippen molar-refractivity contribution in [3.8, 4) is 0 Å². The Morgan fingerprint density at radius 3 is 2.61 bits per heavy atom. The standard InChI is InChI=1S/C25H35ClN2O2S/c1-4-5-6-7-15-28-16-14-25(3,20(2)19-28)21-10-8-12-23(17-21)27-31(29,30)24-13-9-11-22(26)18-24/h8-13,17-18,20,27H,4-7,14-16,19H2,1-3H3. The van der Waals surface area contributed by atoms with E-state index in [-0.39, 0.29) is 10.3 Å². The minimum absolute atomic E-state index is 0.0252. The Kier molecular flexibility index (Phi) is 8.06. The summed E-state index contributed by atoms with van der Waals surface area (Å²) in [5.41, 5.74) is 1.81. The van der Waals surface area contributed by atoms with Crippen LogP contribution in [0.4, 0.5) is 5.69 Å². The van der Waals surface area contributed by atoms with E-state index in [0.717, 1.165) is 19.5 Å². The molecule has 1 aliphatic rings. The van der Waals surface area contributed by atoms with Gasteiger partial charge in [0, 0.05) is 17.3 Å². The molecule has 0 aromatic heterocycles. The van der Waals surface area contributed by atoms with Crippen molar-refractivity contribution in [3.63, 3.8) is 0 Å². The van der Waals surface area contributed by atoms with Crippen molar-refractivity contribution in [2.75, 3.05) is 24.4 Å². The number of rotatable bonds is 9. The minimum atomic E-state index is -3.68. The summed E-state index contributed by atoms with van der Waals surface area (Å²) in [5, 5.41) is 0.402. The number of likely N-dealkylation sites (tertiary alicyclic amines) is 1. The van der Waals surface area contributed by atoms with E-state index in [2.05, 4.69) is 36.5 Å². The van der Waals surface area contributed by atoms with Crippen LogP contribution in [0.3, 0.4) is 0 Å². The van der Waals surface area contributed by atoms with Crippen molar-refractivity contribution in [3.05, 3.63) is 59.1 Å². The molecule has 2 atom stereocenters. The van der Waals surface area contributed by atoms with Gasteiger partial charge < -0.3 is 4.90 Å². The van der Waals surface area contributed by atoms with E-state index in [0.29, 0.717) is 16.6 Å². The number of nitrogens with one attached hydrogen (secondary N) is 1. The monoisotopic (exact) mass is 462 g/mol. The Balaban J connectivity index is 1.71. The predicted octanol–water partition coefficient (Wildman–Crippen LogP) is 6.32. The molecule has 1 N–H and O–H groups in total. The van der Waals surface area contributed by atoms with Gasteiger partial charge in [0.1, 0.15) is 0 Å². The molecule has 1 heterocycles. The second kappa shape index (κ2) is 10.4. The highest BCUT2D eigenvalue weighted by atomic mass is 35.5. The molecule has 0 radical (unpaired) electrons. The van der Waals surface area contributed by atoms with Crippen LogP contribution in [-0.4, -0.2) is 33.0 Å². The Hall–Kier alpha value is -1.56. The zero-order valence-corrected chi connectivity index (χ0v) is 20.5. The van der Waals surface area contributed by atoms with Gasteiger partial charge in [0.15, 0.2) is 0 Å². The average molecular weight is 463 g/mol. The number of piperidine rings is 1. The van der Waals surface area contributed by atoms with Crippen molar-refractivity contribution in [1.29, 1.82) is 0 Å². The fraction of sp³-hybridized carbons (Fsp3) is 0.520. The molecule has 170 valence electrons. The SMILES string of the molecule is CCCCCCN1CCC(C)(c2cccc(NS(=O)(=O)c3cccc(Cl)c3)c2)C(C)C1. The molecular weight excluding hydrogens is 428 g/mol. The van der Waals surface area contributed by atoms with Gasteiger partial charge in [-0.25, -0.2) is 8.42 Å². The average Bonchev–Trinajstić information content (AvgIpc) is 2.74. The third-order valence-corrected chi connectivity index (χ3v) is 8.39. The van der Waals surface area contributed by atoms with Gasteiger partial charge in [-0.2, -0.15) is 0 Å². The third-order valence-electron chi connectivity index (χ3n) is 6.78. The van der Waals surface area contributed by atoms with E-state index in [1.54, 1.807) is 18.2 Å². The first-order valence-corrected chi connectivity index (χ1v) is 13.2. The molecular formula is C25H35ClN2O2S. The first kappa shape index (κ1) is 24.1. The summed E-state index contributed by atoms with van der Waals surface area (Å²) in [7, 11) is -3.68. The third kappa shape index (κ3) is 6.03. The van der Waals surface area contributed by atoms with E-state index in [1.165, 1.54) is 43.9 Å². The summed E-state index contributed by atoms with van der Waals surface area (Å²) >= 11 is 5.98. The van der Waals surface area contributed by atoms with Crippen molar-refractivity contribution in [1.82, 2.24) is 4.90 Å². The van der Waals surface area contributed by atoms with Crippen LogP contribution in [-0.2, 0) is 15.4 Å². The van der Waals surface area contributed by atoms with Gasteiger partial charge in [0.2, 0.25) is 0 Å². The molecule has 1 fully saturated rings. The zero-order chi connectivity index (χ0) is 22.5. The molecule has 4 nitrogen and oxygen atoms in total. The van der Waals surface area contributed by atoms with Crippen LogP contribution < -0.4 is 4.72 Å². The Morgan fingerprint density at radius 2 is 1.90 bits per heavy atom. The number of anilines is 1. The molecule has 2 aromatic carbocycles. The molecule has 1 saturated heterocycles. The number of halogens is 1. The number of hydrogen-bond acceptors (Lipinski definition) is 3. The Labute approximate surface area is 193 Å². The van der Waals surface area contributed by atoms with E-state index in [1.807, 2.05) is 18.2 Å². The summed E-state index contributed by atoms with van der Waals surface area (Å²) in [4.78, 5) is 2.76. The second-order valence-electron chi connectivity index (χ2n) is 9.07. The number of sulfonamides is 1. The van der Waals surface area contributed by atoms with Gasteiger partial charge in [-0.15, -0.1) is 0 Å². The Bertz CT molecular complexity index is 979. The first-order valence-electron chi connectivity index (χ1n) is 11.4. The van der Waals surface area contributed by atoms with Gasteiger partial charge in [0.05, 0.1) is 4.90 Å². The number of unbranched alkanes of at least 4 members (excludes halogenated alkanes) is 3. The maximum atomic E-state index is 12.8. The summed E-state index contributed by atoms with van der Waals surface area (Å²) in [6.07, 6.45) is 6.25. The van der Waals surface area contributed by atoms with Crippen LogP contribution in [0.2, 0.25) is 5.02 Å². The lowest BCUT2D eigenvalue weighted by Gasteiger charge is -2.45. The fourth-order valence-corrected chi connectivity index (χ4v) is 5.85. The number of nitrogens with zero attached hydrogens (tertiary/aromatic N) is 1. The molecule has 0 spiro atoms. The van der Waals surface area contributed by atoms with Gasteiger partial charge in [-0.05, 0) is 73.2 Å². The van der Waals surface area contributed by atoms with Crippen LogP contribution in [0.1, 0.15) is 58.4 Å². The van der Waals surface area contributed by atoms with E-state index < -0.39 is 10.0 Å². The topological polar surface area (TPSA) is 49.4 Å². The molecule has 3 rings (SSSR count). The molecule has 2 unspecified atom stereocenters. The highest BCUT2D eigenvalue weighted by Crippen LogP contribution is 2.40. The fourth-order valence-electron chi connectivity index (χ4n) is 4.50. The van der Waals surface area contributed by atoms with Crippen molar-refractivity contribution < 1.29 is 8.42 Å². The molecule has 6 heteroatoms. The quantitative estimate of drug-likeness (QED) is 0.443. The van der Waals surface area contributed by atoms with Gasteiger partial charge in [-0.1, -0.05) is 69.8 Å². The van der Waals surface area contributed by atoms with Crippen molar-refractivity contribution in [2.24, 2.45) is 5.92 Å². The van der Waals surface area contributed by atoms with Crippen LogP contribution in [0.15, 0.2) is 53.4 Å². The molecule has 1 aliphatic heterocycles. The molecule has 0 aliphatic carbocycles. The summed E-state index contributed by atoms with van der Waals surface area (Å²) in [5.74, 6) is 0.493. The first-order chi connectivity index (χ1) is 14.7. The van der Waals surface area contributed by atoms with Crippen LogP contribution in [0.5, 0.6) is 0 Å². The Morgan fingerprint density at radius 1 is 1.13 bits per heavy atom. The summed E-state index contributed by atoms with van der Waals surface area (Å²) in [6.45, 7) is 10.2. The zero-order valence-electron chi connectivity index (χ0n) is 18.9. The summed E-state index contributed by atoms with van der Waals surface area (Å²) in [6, 6.07) is 14.2. The second-order valence-corrected chi connectivity index (χ2v) is 11.2. The van der Waals surface area contributed by atoms with E-state index in [9.17, 15) is 8.42 Å². The van der Waals surface area contributed by atoms with Crippen LogP contribution in [0.25, 0.3) is 0 Å². The highest BCUT2D eigenvalue weighted by Gasteiger charge is 2.38. The number of benzene rings is 2. The van der Waals surface area contributed by atoms with E-state index >= 15 is 0 Å². The molecule has 0 amide bonds. The maximum Gasteiger partial charge on any atom is 0.261 e. The lowest BCUT2D eigenvalue weighted by Crippen LogP contribution is -2.47. The highest BCUT2D eigenvalue weighted by molar-refractivity contribution is 7.92. The molecule has 0 saturated carbocycles. The van der Waals surface area contributed by atoms with Gasteiger partial charge in [0.25, 0.3) is 10.0 Å². The minimum Gasteiger partial charge on any atom is -0.303 e. The lowest BCUT2D eigenvalue weighted by atomic mass is 9.68. The molecule has 0 bridgehead atoms.